The first kappa shape index (κ1) is 14.1. The third-order valence-electron chi connectivity index (χ3n) is 3.05. The number of nitrogens with zero attached hydrogens (tertiary/aromatic N) is 1. The molecule has 6 nitrogen and oxygen atoms in total. The van der Waals surface area contributed by atoms with Gasteiger partial charge in [-0.15, -0.1) is 0 Å². The summed E-state index contributed by atoms with van der Waals surface area (Å²) in [6.07, 6.45) is 1.65. The van der Waals surface area contributed by atoms with Gasteiger partial charge in [0.1, 0.15) is 10.6 Å². The highest BCUT2D eigenvalue weighted by Crippen LogP contribution is 2.35. The molecule has 0 atom stereocenters. The van der Waals surface area contributed by atoms with Crippen LogP contribution in [-0.2, 0) is 10.0 Å². The summed E-state index contributed by atoms with van der Waals surface area (Å²) in [5.74, 6) is 0.262. The summed E-state index contributed by atoms with van der Waals surface area (Å²) in [6.45, 7) is -0.120. The van der Waals surface area contributed by atoms with E-state index < -0.39 is 10.0 Å². The van der Waals surface area contributed by atoms with E-state index in [0.717, 1.165) is 12.8 Å². The molecule has 1 saturated carbocycles. The van der Waals surface area contributed by atoms with Crippen LogP contribution in [0, 0.1) is 0 Å². The second-order valence-corrected chi connectivity index (χ2v) is 6.34. The number of rotatable bonds is 6. The maximum absolute atomic E-state index is 12.6. The maximum atomic E-state index is 12.6. The first-order chi connectivity index (χ1) is 9.00. The van der Waals surface area contributed by atoms with Crippen LogP contribution >= 0.6 is 0 Å². The topological polar surface area (TPSA) is 92.9 Å². The molecular formula is C12H18N2O4S. The summed E-state index contributed by atoms with van der Waals surface area (Å²) in [7, 11) is -2.28. The number of nitrogen functional groups attached to an aromatic ring is 1. The van der Waals surface area contributed by atoms with Crippen molar-refractivity contribution in [2.45, 2.75) is 23.8 Å². The Hall–Kier alpha value is -1.31. The van der Waals surface area contributed by atoms with Gasteiger partial charge in [0.05, 0.1) is 13.7 Å². The SMILES string of the molecule is COc1ccc(N)cc1S(=O)(=O)N(CCO)C1CC1. The van der Waals surface area contributed by atoms with Gasteiger partial charge < -0.3 is 15.6 Å². The highest BCUT2D eigenvalue weighted by Gasteiger charge is 2.38. The predicted octanol–water partition coefficient (Wildman–Crippen LogP) is 0.423. The van der Waals surface area contributed by atoms with Crippen molar-refractivity contribution in [3.05, 3.63) is 18.2 Å². The van der Waals surface area contributed by atoms with Gasteiger partial charge in [0.25, 0.3) is 0 Å². The van der Waals surface area contributed by atoms with Gasteiger partial charge in [-0.2, -0.15) is 4.31 Å². The first-order valence-electron chi connectivity index (χ1n) is 6.07. The third kappa shape index (κ3) is 2.83. The molecule has 0 spiro atoms. The van der Waals surface area contributed by atoms with Crippen LogP contribution in [0.4, 0.5) is 5.69 Å². The normalized spacial score (nSPS) is 15.7. The molecule has 19 heavy (non-hydrogen) atoms. The average molecular weight is 286 g/mol. The minimum Gasteiger partial charge on any atom is -0.495 e. The number of hydrogen-bond donors (Lipinski definition) is 2. The molecule has 2 rings (SSSR count). The zero-order chi connectivity index (χ0) is 14.0. The van der Waals surface area contributed by atoms with Crippen molar-refractivity contribution in [2.75, 3.05) is 26.0 Å². The molecule has 1 aliphatic carbocycles. The van der Waals surface area contributed by atoms with Crippen molar-refractivity contribution in [1.82, 2.24) is 4.31 Å². The molecule has 0 saturated heterocycles. The van der Waals surface area contributed by atoms with Crippen LogP contribution in [0.2, 0.25) is 0 Å². The van der Waals surface area contributed by atoms with E-state index in [1.165, 1.54) is 23.5 Å². The number of ether oxygens (including phenoxy) is 1. The predicted molar refractivity (Wildman–Crippen MR) is 71.4 cm³/mol. The van der Waals surface area contributed by atoms with Gasteiger partial charge >= 0.3 is 0 Å². The Morgan fingerprint density at radius 2 is 2.16 bits per heavy atom. The Bertz CT molecular complexity index is 555. The molecule has 0 aliphatic heterocycles. The van der Waals surface area contributed by atoms with E-state index in [-0.39, 0.29) is 29.8 Å². The van der Waals surface area contributed by atoms with E-state index in [0.29, 0.717) is 5.69 Å². The van der Waals surface area contributed by atoms with Gasteiger partial charge in [0, 0.05) is 18.3 Å². The number of hydrogen-bond acceptors (Lipinski definition) is 5. The number of aliphatic hydroxyl groups excluding tert-OH is 1. The lowest BCUT2D eigenvalue weighted by Gasteiger charge is -2.22. The van der Waals surface area contributed by atoms with Crippen LogP contribution in [0.5, 0.6) is 5.75 Å². The summed E-state index contributed by atoms with van der Waals surface area (Å²) >= 11 is 0. The summed E-state index contributed by atoms with van der Waals surface area (Å²) < 4.78 is 31.6. The largest absolute Gasteiger partial charge is 0.495 e. The van der Waals surface area contributed by atoms with Crippen LogP contribution in [0.25, 0.3) is 0 Å². The fourth-order valence-corrected chi connectivity index (χ4v) is 3.85. The number of sulfonamides is 1. The molecule has 1 aromatic rings. The highest BCUT2D eigenvalue weighted by molar-refractivity contribution is 7.89. The number of benzene rings is 1. The summed E-state index contributed by atoms with van der Waals surface area (Å²) in [5, 5.41) is 9.04. The Kier molecular flexibility index (Phi) is 3.98. The van der Waals surface area contributed by atoms with Crippen molar-refractivity contribution in [3.63, 3.8) is 0 Å². The molecule has 3 N–H and O–H groups in total. The molecule has 0 unspecified atom stereocenters. The molecule has 7 heteroatoms. The van der Waals surface area contributed by atoms with E-state index in [1.54, 1.807) is 6.07 Å². The standard InChI is InChI=1S/C12H18N2O4S/c1-18-11-5-2-9(13)8-12(11)19(16,17)14(6-7-15)10-3-4-10/h2,5,8,10,15H,3-4,6-7,13H2,1H3. The van der Waals surface area contributed by atoms with Crippen LogP contribution in [0.15, 0.2) is 23.1 Å². The van der Waals surface area contributed by atoms with Crippen LogP contribution in [0.1, 0.15) is 12.8 Å². The van der Waals surface area contributed by atoms with Crippen molar-refractivity contribution in [2.24, 2.45) is 0 Å². The number of aliphatic hydroxyl groups is 1. The lowest BCUT2D eigenvalue weighted by atomic mass is 10.3. The second-order valence-electron chi connectivity index (χ2n) is 4.48. The van der Waals surface area contributed by atoms with E-state index in [9.17, 15) is 8.42 Å². The Balaban J connectivity index is 2.45. The van der Waals surface area contributed by atoms with E-state index >= 15 is 0 Å². The first-order valence-corrected chi connectivity index (χ1v) is 7.51. The zero-order valence-electron chi connectivity index (χ0n) is 10.7. The fourth-order valence-electron chi connectivity index (χ4n) is 1.98. The zero-order valence-corrected chi connectivity index (χ0v) is 11.6. The van der Waals surface area contributed by atoms with Crippen molar-refractivity contribution >= 4 is 15.7 Å². The Morgan fingerprint density at radius 3 is 2.68 bits per heavy atom. The Morgan fingerprint density at radius 1 is 1.47 bits per heavy atom. The molecule has 0 radical (unpaired) electrons. The minimum atomic E-state index is -3.70. The van der Waals surface area contributed by atoms with Gasteiger partial charge in [-0.05, 0) is 31.0 Å². The van der Waals surface area contributed by atoms with Gasteiger partial charge in [-0.1, -0.05) is 0 Å². The smallest absolute Gasteiger partial charge is 0.247 e. The van der Waals surface area contributed by atoms with Gasteiger partial charge in [0.15, 0.2) is 0 Å². The molecule has 0 heterocycles. The molecule has 1 aliphatic rings. The van der Waals surface area contributed by atoms with Crippen LogP contribution in [-0.4, -0.2) is 44.1 Å². The van der Waals surface area contributed by atoms with E-state index in [1.807, 2.05) is 0 Å². The molecule has 1 aromatic carbocycles. The molecule has 0 aromatic heterocycles. The van der Waals surface area contributed by atoms with Crippen LogP contribution < -0.4 is 10.5 Å². The molecule has 0 amide bonds. The minimum absolute atomic E-state index is 0.0247. The van der Waals surface area contributed by atoms with Crippen molar-refractivity contribution < 1.29 is 18.3 Å². The molecule has 106 valence electrons. The molecule has 1 fully saturated rings. The van der Waals surface area contributed by atoms with Gasteiger partial charge in [-0.25, -0.2) is 8.42 Å². The Labute approximate surface area is 112 Å². The third-order valence-corrected chi connectivity index (χ3v) is 5.02. The summed E-state index contributed by atoms with van der Waals surface area (Å²) in [4.78, 5) is 0.0513. The number of methoxy groups -OCH3 is 1. The second kappa shape index (κ2) is 5.36. The van der Waals surface area contributed by atoms with Gasteiger partial charge in [0.2, 0.25) is 10.0 Å². The van der Waals surface area contributed by atoms with Crippen LogP contribution in [0.3, 0.4) is 0 Å². The lowest BCUT2D eigenvalue weighted by Crippen LogP contribution is -2.35. The molecule has 0 bridgehead atoms. The molecular weight excluding hydrogens is 268 g/mol. The monoisotopic (exact) mass is 286 g/mol. The fraction of sp³-hybridized carbons (Fsp3) is 0.500. The quantitative estimate of drug-likeness (QED) is 0.739. The average Bonchev–Trinajstić information content (AvgIpc) is 3.20. The number of nitrogens with two attached hydrogens (primary N) is 1. The summed E-state index contributed by atoms with van der Waals surface area (Å²) in [5.41, 5.74) is 6.02. The van der Waals surface area contributed by atoms with Gasteiger partial charge in [-0.3, -0.25) is 0 Å². The lowest BCUT2D eigenvalue weighted by molar-refractivity contribution is 0.250. The number of anilines is 1. The van der Waals surface area contributed by atoms with E-state index in [4.69, 9.17) is 15.6 Å². The van der Waals surface area contributed by atoms with Crippen molar-refractivity contribution in [3.8, 4) is 5.75 Å². The highest BCUT2D eigenvalue weighted by atomic mass is 32.2. The maximum Gasteiger partial charge on any atom is 0.247 e. The van der Waals surface area contributed by atoms with E-state index in [2.05, 4.69) is 0 Å². The van der Waals surface area contributed by atoms with Crippen molar-refractivity contribution in [1.29, 1.82) is 0 Å². The summed E-state index contributed by atoms with van der Waals surface area (Å²) in [6, 6.07) is 4.49.